The van der Waals surface area contributed by atoms with Crippen LogP contribution < -0.4 is 0 Å². The Kier molecular flexibility index (Phi) is 3.62. The molecule has 84 valence electrons. The fourth-order valence-corrected chi connectivity index (χ4v) is 1.66. The van der Waals surface area contributed by atoms with Gasteiger partial charge in [-0.1, -0.05) is 0 Å². The molecule has 1 rings (SSSR count). The molecule has 0 aromatic rings. The summed E-state index contributed by atoms with van der Waals surface area (Å²) in [5.41, 5.74) is 0. The molecule has 0 aromatic carbocycles. The summed E-state index contributed by atoms with van der Waals surface area (Å²) >= 11 is 0. The van der Waals surface area contributed by atoms with E-state index in [9.17, 15) is 19.5 Å². The highest BCUT2D eigenvalue weighted by Crippen LogP contribution is 2.30. The van der Waals surface area contributed by atoms with Crippen molar-refractivity contribution >= 4 is 18.9 Å². The normalized spacial score (nSPS) is 34.5. The Labute approximate surface area is 84.6 Å². The standard InChI is InChI=1S/C8H10O7/c9-2-14-5-1-4(8(12)13)6(11)7(5)15-3-10/h2-7,11H,1H2,(H,12,13). The summed E-state index contributed by atoms with van der Waals surface area (Å²) in [5, 5.41) is 18.2. The zero-order chi connectivity index (χ0) is 11.4. The predicted molar refractivity (Wildman–Crippen MR) is 43.6 cm³/mol. The van der Waals surface area contributed by atoms with E-state index < -0.39 is 30.2 Å². The molecule has 0 radical (unpaired) electrons. The van der Waals surface area contributed by atoms with E-state index in [4.69, 9.17) is 5.11 Å². The smallest absolute Gasteiger partial charge is 0.309 e. The van der Waals surface area contributed by atoms with Crippen LogP contribution in [0, 0.1) is 5.92 Å². The number of hydrogen-bond acceptors (Lipinski definition) is 6. The average Bonchev–Trinajstić information content (AvgIpc) is 2.47. The third-order valence-corrected chi connectivity index (χ3v) is 2.36. The lowest BCUT2D eigenvalue weighted by Crippen LogP contribution is -2.36. The van der Waals surface area contributed by atoms with Gasteiger partial charge in [-0.2, -0.15) is 0 Å². The molecule has 1 aliphatic carbocycles. The van der Waals surface area contributed by atoms with E-state index in [1.165, 1.54) is 0 Å². The first-order chi connectivity index (χ1) is 7.11. The quantitative estimate of drug-likeness (QED) is 0.542. The van der Waals surface area contributed by atoms with Crippen molar-refractivity contribution in [2.75, 3.05) is 0 Å². The molecule has 1 fully saturated rings. The average molecular weight is 218 g/mol. The molecule has 0 spiro atoms. The molecule has 4 unspecified atom stereocenters. The lowest BCUT2D eigenvalue weighted by atomic mass is 10.1. The Morgan fingerprint density at radius 3 is 2.33 bits per heavy atom. The van der Waals surface area contributed by atoms with E-state index in [1.807, 2.05) is 0 Å². The number of carbonyl (C=O) groups is 3. The highest BCUT2D eigenvalue weighted by atomic mass is 16.6. The number of hydrogen-bond donors (Lipinski definition) is 2. The van der Waals surface area contributed by atoms with Crippen molar-refractivity contribution < 1.29 is 34.1 Å². The summed E-state index contributed by atoms with van der Waals surface area (Å²) < 4.78 is 9.01. The van der Waals surface area contributed by atoms with Crippen LogP contribution in [-0.2, 0) is 23.9 Å². The van der Waals surface area contributed by atoms with E-state index in [2.05, 4.69) is 9.47 Å². The van der Waals surface area contributed by atoms with Gasteiger partial charge in [0, 0.05) is 6.42 Å². The molecule has 0 heterocycles. The van der Waals surface area contributed by atoms with Crippen LogP contribution in [0.2, 0.25) is 0 Å². The third kappa shape index (κ3) is 2.24. The lowest BCUT2D eigenvalue weighted by molar-refractivity contribution is -0.155. The minimum absolute atomic E-state index is 0.0756. The topological polar surface area (TPSA) is 110 Å². The molecule has 1 saturated carbocycles. The van der Waals surface area contributed by atoms with Crippen LogP contribution in [0.25, 0.3) is 0 Å². The van der Waals surface area contributed by atoms with Crippen LogP contribution in [-0.4, -0.2) is 47.4 Å². The zero-order valence-electron chi connectivity index (χ0n) is 7.61. The number of aliphatic hydroxyl groups excluding tert-OH is 1. The Morgan fingerprint density at radius 2 is 1.87 bits per heavy atom. The van der Waals surface area contributed by atoms with Gasteiger partial charge in [0.15, 0.2) is 6.10 Å². The van der Waals surface area contributed by atoms with Crippen molar-refractivity contribution in [1.82, 2.24) is 0 Å². The number of carboxylic acid groups (broad SMARTS) is 1. The van der Waals surface area contributed by atoms with E-state index in [0.717, 1.165) is 0 Å². The van der Waals surface area contributed by atoms with Crippen molar-refractivity contribution in [3.8, 4) is 0 Å². The van der Waals surface area contributed by atoms with Crippen molar-refractivity contribution in [3.63, 3.8) is 0 Å². The van der Waals surface area contributed by atoms with E-state index >= 15 is 0 Å². The van der Waals surface area contributed by atoms with Crippen LogP contribution in [0.5, 0.6) is 0 Å². The third-order valence-electron chi connectivity index (χ3n) is 2.36. The largest absolute Gasteiger partial charge is 0.481 e. The van der Waals surface area contributed by atoms with Gasteiger partial charge in [0.1, 0.15) is 12.2 Å². The summed E-state index contributed by atoms with van der Waals surface area (Å²) in [5.74, 6) is -2.32. The lowest BCUT2D eigenvalue weighted by Gasteiger charge is -2.18. The van der Waals surface area contributed by atoms with Gasteiger partial charge in [0.25, 0.3) is 12.9 Å². The fourth-order valence-electron chi connectivity index (χ4n) is 1.66. The molecule has 2 N–H and O–H groups in total. The first kappa shape index (κ1) is 11.4. The van der Waals surface area contributed by atoms with Crippen LogP contribution in [0.15, 0.2) is 0 Å². The van der Waals surface area contributed by atoms with Crippen LogP contribution in [0.4, 0.5) is 0 Å². The molecule has 0 aromatic heterocycles. The Hall–Kier alpha value is -1.63. The van der Waals surface area contributed by atoms with Gasteiger partial charge < -0.3 is 19.7 Å². The minimum Gasteiger partial charge on any atom is -0.481 e. The summed E-state index contributed by atoms with van der Waals surface area (Å²) in [6.45, 7) is 0.210. The molecule has 0 saturated heterocycles. The Balaban J connectivity index is 2.76. The molecule has 7 heteroatoms. The molecule has 0 aliphatic heterocycles. The summed E-state index contributed by atoms with van der Waals surface area (Å²) in [4.78, 5) is 30.9. The van der Waals surface area contributed by atoms with Gasteiger partial charge in [-0.25, -0.2) is 0 Å². The number of aliphatic carboxylic acids is 1. The van der Waals surface area contributed by atoms with Crippen molar-refractivity contribution in [2.45, 2.75) is 24.7 Å². The number of rotatable bonds is 5. The van der Waals surface area contributed by atoms with Crippen LogP contribution in [0.1, 0.15) is 6.42 Å². The second kappa shape index (κ2) is 4.74. The van der Waals surface area contributed by atoms with E-state index in [-0.39, 0.29) is 19.4 Å². The van der Waals surface area contributed by atoms with Gasteiger partial charge in [-0.05, 0) is 0 Å². The van der Waals surface area contributed by atoms with E-state index in [0.29, 0.717) is 0 Å². The number of aliphatic hydroxyl groups is 1. The SMILES string of the molecule is O=COC1CC(C(=O)O)C(O)C1OC=O. The Bertz CT molecular complexity index is 264. The summed E-state index contributed by atoms with van der Waals surface area (Å²) in [6.07, 6.45) is -3.47. The van der Waals surface area contributed by atoms with Crippen molar-refractivity contribution in [3.05, 3.63) is 0 Å². The summed E-state index contributed by atoms with van der Waals surface area (Å²) in [7, 11) is 0. The fraction of sp³-hybridized carbons (Fsp3) is 0.625. The maximum atomic E-state index is 10.7. The van der Waals surface area contributed by atoms with Gasteiger partial charge in [-0.15, -0.1) is 0 Å². The minimum atomic E-state index is -1.36. The van der Waals surface area contributed by atoms with Crippen LogP contribution in [0.3, 0.4) is 0 Å². The van der Waals surface area contributed by atoms with Gasteiger partial charge in [0.05, 0.1) is 5.92 Å². The van der Waals surface area contributed by atoms with Crippen molar-refractivity contribution in [2.24, 2.45) is 5.92 Å². The van der Waals surface area contributed by atoms with Crippen LogP contribution >= 0.6 is 0 Å². The van der Waals surface area contributed by atoms with Gasteiger partial charge >= 0.3 is 5.97 Å². The maximum absolute atomic E-state index is 10.7. The zero-order valence-corrected chi connectivity index (χ0v) is 7.61. The molecule has 1 aliphatic rings. The highest BCUT2D eigenvalue weighted by molar-refractivity contribution is 5.71. The monoisotopic (exact) mass is 218 g/mol. The molecule has 0 bridgehead atoms. The molecular formula is C8H10O7. The van der Waals surface area contributed by atoms with Crippen molar-refractivity contribution in [1.29, 1.82) is 0 Å². The molecule has 7 nitrogen and oxygen atoms in total. The predicted octanol–water partition coefficient (Wildman–Crippen LogP) is -1.46. The first-order valence-electron chi connectivity index (χ1n) is 4.21. The molecule has 0 amide bonds. The van der Waals surface area contributed by atoms with E-state index in [1.54, 1.807) is 0 Å². The van der Waals surface area contributed by atoms with Gasteiger partial charge in [-0.3, -0.25) is 14.4 Å². The first-order valence-corrected chi connectivity index (χ1v) is 4.21. The summed E-state index contributed by atoms with van der Waals surface area (Å²) in [6, 6.07) is 0. The van der Waals surface area contributed by atoms with Gasteiger partial charge in [0.2, 0.25) is 0 Å². The number of carbonyl (C=O) groups excluding carboxylic acids is 2. The number of ether oxygens (including phenoxy) is 2. The Morgan fingerprint density at radius 1 is 1.27 bits per heavy atom. The number of carboxylic acids is 1. The maximum Gasteiger partial charge on any atom is 0.309 e. The molecular weight excluding hydrogens is 208 g/mol. The molecule has 15 heavy (non-hydrogen) atoms. The molecule has 4 atom stereocenters. The second-order valence-electron chi connectivity index (χ2n) is 3.14. The second-order valence-corrected chi connectivity index (χ2v) is 3.14. The highest BCUT2D eigenvalue weighted by Gasteiger charge is 2.48.